The molecule has 0 saturated heterocycles. The third-order valence-corrected chi connectivity index (χ3v) is 3.99. The van der Waals surface area contributed by atoms with Crippen LogP contribution >= 0.6 is 0 Å². The maximum atomic E-state index is 12.3. The van der Waals surface area contributed by atoms with Gasteiger partial charge in [0.2, 0.25) is 0 Å². The van der Waals surface area contributed by atoms with E-state index in [1.807, 2.05) is 72.8 Å². The summed E-state index contributed by atoms with van der Waals surface area (Å²) in [6.45, 7) is 0. The van der Waals surface area contributed by atoms with E-state index in [4.69, 9.17) is 9.83 Å². The molecule has 3 aromatic carbocycles. The van der Waals surface area contributed by atoms with E-state index in [-0.39, 0.29) is 5.91 Å². The van der Waals surface area contributed by atoms with Crippen molar-refractivity contribution in [2.75, 3.05) is 14.2 Å². The molecule has 0 atom stereocenters. The maximum absolute atomic E-state index is 12.3. The highest BCUT2D eigenvalue weighted by atomic mass is 16.7. The summed E-state index contributed by atoms with van der Waals surface area (Å²) < 4.78 is 0. The fourth-order valence-electron chi connectivity index (χ4n) is 2.59. The molecule has 3 aromatic rings. The van der Waals surface area contributed by atoms with Crippen LogP contribution in [0.4, 0.5) is 5.69 Å². The number of aliphatic imine (C=N–C) groups is 1. The molecule has 0 unspecified atom stereocenters. The number of rotatable bonds is 5. The van der Waals surface area contributed by atoms with Gasteiger partial charge in [0, 0.05) is 23.7 Å². The van der Waals surface area contributed by atoms with Gasteiger partial charge in [0.1, 0.15) is 0 Å². The molecule has 130 valence electrons. The highest BCUT2D eigenvalue weighted by Gasteiger charge is 2.12. The molecule has 4 heteroatoms. The van der Waals surface area contributed by atoms with Gasteiger partial charge in [0.25, 0.3) is 5.91 Å². The number of benzene rings is 3. The van der Waals surface area contributed by atoms with E-state index in [1.54, 1.807) is 19.2 Å². The van der Waals surface area contributed by atoms with E-state index in [2.05, 4.69) is 0 Å². The maximum Gasteiger partial charge on any atom is 0.277 e. The van der Waals surface area contributed by atoms with Crippen LogP contribution in [0.15, 0.2) is 89.9 Å². The van der Waals surface area contributed by atoms with E-state index in [1.165, 1.54) is 12.2 Å². The zero-order chi connectivity index (χ0) is 18.4. The third kappa shape index (κ3) is 4.05. The first-order chi connectivity index (χ1) is 12.7. The fraction of sp³-hybridized carbons (Fsp3) is 0.0909. The van der Waals surface area contributed by atoms with Crippen molar-refractivity contribution in [3.05, 3.63) is 102 Å². The minimum Gasteiger partial charge on any atom is -0.274 e. The zero-order valence-corrected chi connectivity index (χ0v) is 14.8. The Bertz CT molecular complexity index is 864. The second kappa shape index (κ2) is 8.23. The van der Waals surface area contributed by atoms with E-state index >= 15 is 0 Å². The smallest absolute Gasteiger partial charge is 0.274 e. The lowest BCUT2D eigenvalue weighted by molar-refractivity contribution is -0.0756. The molecule has 0 aliphatic rings. The fourth-order valence-corrected chi connectivity index (χ4v) is 2.59. The number of carbonyl (C=O) groups excluding carboxylic acids is 1. The molecule has 0 radical (unpaired) electrons. The first-order valence-electron chi connectivity index (χ1n) is 8.31. The molecular weight excluding hydrogens is 324 g/mol. The highest BCUT2D eigenvalue weighted by molar-refractivity contribution is 6.14. The molecule has 0 aliphatic heterocycles. The van der Waals surface area contributed by atoms with Crippen molar-refractivity contribution in [1.29, 1.82) is 0 Å². The van der Waals surface area contributed by atoms with Gasteiger partial charge in [-0.25, -0.2) is 10.1 Å². The van der Waals surface area contributed by atoms with Crippen molar-refractivity contribution in [1.82, 2.24) is 5.06 Å². The van der Waals surface area contributed by atoms with Crippen LogP contribution in [0.1, 0.15) is 21.5 Å². The summed E-state index contributed by atoms with van der Waals surface area (Å²) in [6, 6.07) is 27.2. The predicted octanol–water partition coefficient (Wildman–Crippen LogP) is 4.49. The average molecular weight is 344 g/mol. The van der Waals surface area contributed by atoms with Crippen molar-refractivity contribution in [3.8, 4) is 0 Å². The monoisotopic (exact) mass is 344 g/mol. The quantitative estimate of drug-likeness (QED) is 0.505. The van der Waals surface area contributed by atoms with Gasteiger partial charge < -0.3 is 0 Å². The van der Waals surface area contributed by atoms with Gasteiger partial charge in [0.05, 0.1) is 18.5 Å². The average Bonchev–Trinajstić information content (AvgIpc) is 2.72. The van der Waals surface area contributed by atoms with Gasteiger partial charge in [-0.1, -0.05) is 66.7 Å². The van der Waals surface area contributed by atoms with Crippen molar-refractivity contribution < 1.29 is 9.63 Å². The lowest BCUT2D eigenvalue weighted by Gasteiger charge is -2.14. The number of hydrogen-bond acceptors (Lipinski definition) is 3. The molecule has 1 amide bonds. The standard InChI is InChI=1S/C22H20N2O2/c1-24(26-2)22(25)19-14-9-15-20(16-19)23-21(17-10-5-3-6-11-17)18-12-7-4-8-13-18/h3-16H,1-2H3. The second-order valence-electron chi connectivity index (χ2n) is 5.73. The second-order valence-corrected chi connectivity index (χ2v) is 5.73. The summed E-state index contributed by atoms with van der Waals surface area (Å²) in [5.74, 6) is -0.217. The lowest BCUT2D eigenvalue weighted by atomic mass is 10.0. The Morgan fingerprint density at radius 3 is 1.88 bits per heavy atom. The molecule has 0 saturated carbocycles. The van der Waals surface area contributed by atoms with Crippen molar-refractivity contribution >= 4 is 17.3 Å². The SMILES string of the molecule is CON(C)C(=O)c1cccc(N=C(c2ccccc2)c2ccccc2)c1. The Labute approximate surface area is 153 Å². The minimum atomic E-state index is -0.217. The molecule has 0 fully saturated rings. The van der Waals surface area contributed by atoms with Gasteiger partial charge in [-0.2, -0.15) is 0 Å². The van der Waals surface area contributed by atoms with Crippen LogP contribution in [0, 0.1) is 0 Å². The van der Waals surface area contributed by atoms with Crippen LogP contribution < -0.4 is 0 Å². The predicted molar refractivity (Wildman–Crippen MR) is 104 cm³/mol. The van der Waals surface area contributed by atoms with E-state index in [0.29, 0.717) is 11.3 Å². The summed E-state index contributed by atoms with van der Waals surface area (Å²) >= 11 is 0. The Morgan fingerprint density at radius 1 is 0.808 bits per heavy atom. The Morgan fingerprint density at radius 2 is 1.35 bits per heavy atom. The van der Waals surface area contributed by atoms with Crippen molar-refractivity contribution in [2.45, 2.75) is 0 Å². The first-order valence-corrected chi connectivity index (χ1v) is 8.31. The topological polar surface area (TPSA) is 41.9 Å². The normalized spacial score (nSPS) is 10.2. The van der Waals surface area contributed by atoms with Crippen LogP contribution in [-0.4, -0.2) is 30.8 Å². The molecule has 0 aromatic heterocycles. The van der Waals surface area contributed by atoms with Crippen LogP contribution in [-0.2, 0) is 4.84 Å². The molecule has 4 nitrogen and oxygen atoms in total. The Kier molecular flexibility index (Phi) is 5.56. The van der Waals surface area contributed by atoms with Gasteiger partial charge in [-0.05, 0) is 18.2 Å². The lowest BCUT2D eigenvalue weighted by Crippen LogP contribution is -2.25. The van der Waals surface area contributed by atoms with Gasteiger partial charge in [-0.3, -0.25) is 9.63 Å². The Balaban J connectivity index is 2.05. The number of hydrogen-bond donors (Lipinski definition) is 0. The van der Waals surface area contributed by atoms with Crippen LogP contribution in [0.5, 0.6) is 0 Å². The third-order valence-electron chi connectivity index (χ3n) is 3.99. The van der Waals surface area contributed by atoms with Crippen molar-refractivity contribution in [3.63, 3.8) is 0 Å². The molecule has 0 aliphatic carbocycles. The highest BCUT2D eigenvalue weighted by Crippen LogP contribution is 2.20. The van der Waals surface area contributed by atoms with Gasteiger partial charge >= 0.3 is 0 Å². The molecule has 3 rings (SSSR count). The summed E-state index contributed by atoms with van der Waals surface area (Å²) in [7, 11) is 3.04. The van der Waals surface area contributed by atoms with E-state index in [9.17, 15) is 4.79 Å². The minimum absolute atomic E-state index is 0.217. The zero-order valence-electron chi connectivity index (χ0n) is 14.8. The number of nitrogens with zero attached hydrogens (tertiary/aromatic N) is 2. The molecular formula is C22H20N2O2. The van der Waals surface area contributed by atoms with Crippen LogP contribution in [0.25, 0.3) is 0 Å². The van der Waals surface area contributed by atoms with Crippen LogP contribution in [0.2, 0.25) is 0 Å². The van der Waals surface area contributed by atoms with Gasteiger partial charge in [-0.15, -0.1) is 0 Å². The molecule has 0 N–H and O–H groups in total. The van der Waals surface area contributed by atoms with Crippen molar-refractivity contribution in [2.24, 2.45) is 4.99 Å². The first kappa shape index (κ1) is 17.6. The molecule has 0 bridgehead atoms. The summed E-state index contributed by atoms with van der Waals surface area (Å²) in [5, 5.41) is 1.19. The molecule has 0 heterocycles. The number of hydroxylamine groups is 2. The number of amides is 1. The largest absolute Gasteiger partial charge is 0.277 e. The number of carbonyl (C=O) groups is 1. The molecule has 26 heavy (non-hydrogen) atoms. The summed E-state index contributed by atoms with van der Waals surface area (Å²) in [6.07, 6.45) is 0. The summed E-state index contributed by atoms with van der Waals surface area (Å²) in [4.78, 5) is 22.1. The van der Waals surface area contributed by atoms with Crippen LogP contribution in [0.3, 0.4) is 0 Å². The van der Waals surface area contributed by atoms with E-state index < -0.39 is 0 Å². The molecule has 0 spiro atoms. The van der Waals surface area contributed by atoms with Gasteiger partial charge in [0.15, 0.2) is 0 Å². The van der Waals surface area contributed by atoms with E-state index in [0.717, 1.165) is 16.8 Å². The Hall–Kier alpha value is -3.24. The summed E-state index contributed by atoms with van der Waals surface area (Å²) in [5.41, 5.74) is 4.13.